The molecule has 314 valence electrons. The van der Waals surface area contributed by atoms with Crippen LogP contribution < -0.4 is 0 Å². The number of epoxide rings is 1. The van der Waals surface area contributed by atoms with Gasteiger partial charge in [-0.15, -0.1) is 0 Å². The van der Waals surface area contributed by atoms with Gasteiger partial charge in [0.2, 0.25) is 0 Å². The number of allylic oxidation sites excluding steroid dienone is 1. The van der Waals surface area contributed by atoms with E-state index in [9.17, 15) is 24.3 Å². The number of rotatable bonds is 25. The molecule has 5 atom stereocenters. The minimum absolute atomic E-state index is 0.0850. The highest BCUT2D eigenvalue weighted by atomic mass is 16.6. The third-order valence-electron chi connectivity index (χ3n) is 9.95. The van der Waals surface area contributed by atoms with Gasteiger partial charge in [0.25, 0.3) is 0 Å². The highest BCUT2D eigenvalue weighted by Gasteiger charge is 2.36. The Labute approximate surface area is 328 Å². The lowest BCUT2D eigenvalue weighted by molar-refractivity contribution is -0.155. The van der Waals surface area contributed by atoms with Crippen molar-refractivity contribution < 1.29 is 48.3 Å². The van der Waals surface area contributed by atoms with Gasteiger partial charge in [-0.3, -0.25) is 19.2 Å². The van der Waals surface area contributed by atoms with Gasteiger partial charge in [0.05, 0.1) is 38.4 Å². The molecule has 2 aliphatic rings. The quantitative estimate of drug-likeness (QED) is 0.0302. The molecular weight excluding hydrogens is 688 g/mol. The number of carboxylic acid groups (broad SMARTS) is 1. The maximum Gasteiger partial charge on any atom is 0.312 e. The zero-order valence-corrected chi connectivity index (χ0v) is 35.0. The van der Waals surface area contributed by atoms with Gasteiger partial charge < -0.3 is 29.2 Å². The maximum absolute atomic E-state index is 12.2. The molecule has 0 aromatic rings. The van der Waals surface area contributed by atoms with E-state index in [1.807, 2.05) is 6.08 Å². The minimum Gasteiger partial charge on any atom is -0.481 e. The molecule has 1 saturated carbocycles. The van der Waals surface area contributed by atoms with Crippen molar-refractivity contribution in [2.45, 2.75) is 213 Å². The molecule has 54 heavy (non-hydrogen) atoms. The summed E-state index contributed by atoms with van der Waals surface area (Å²) in [6, 6.07) is 0. The highest BCUT2D eigenvalue weighted by Crippen LogP contribution is 2.31. The summed E-state index contributed by atoms with van der Waals surface area (Å²) in [6.07, 6.45) is 31.0. The summed E-state index contributed by atoms with van der Waals surface area (Å²) in [7, 11) is 2.89. The molecule has 1 saturated heterocycles. The zero-order chi connectivity index (χ0) is 40.4. The smallest absolute Gasteiger partial charge is 0.312 e. The van der Waals surface area contributed by atoms with Gasteiger partial charge in [0, 0.05) is 19.3 Å². The number of ether oxygens (including phenoxy) is 4. The molecule has 0 radical (unpaired) electrons. The average Bonchev–Trinajstić information content (AvgIpc) is 3.92. The van der Waals surface area contributed by atoms with E-state index in [1.54, 1.807) is 13.8 Å². The number of hydrogen-bond donors (Lipinski definition) is 2. The van der Waals surface area contributed by atoms with Crippen LogP contribution in [-0.4, -0.2) is 72.7 Å². The van der Waals surface area contributed by atoms with Crippen LogP contribution in [0.1, 0.15) is 188 Å². The van der Waals surface area contributed by atoms with Crippen LogP contribution in [0.5, 0.6) is 0 Å². The van der Waals surface area contributed by atoms with Crippen LogP contribution >= 0.6 is 0 Å². The summed E-state index contributed by atoms with van der Waals surface area (Å²) < 4.78 is 20.8. The van der Waals surface area contributed by atoms with Gasteiger partial charge in [-0.05, 0) is 70.6 Å². The monoisotopic (exact) mass is 767 g/mol. The van der Waals surface area contributed by atoms with Gasteiger partial charge in [-0.25, -0.2) is 0 Å². The van der Waals surface area contributed by atoms with Crippen molar-refractivity contribution in [3.8, 4) is 0 Å². The largest absolute Gasteiger partial charge is 0.481 e. The lowest BCUT2D eigenvalue weighted by Gasteiger charge is -2.24. The Kier molecular flexibility index (Phi) is 33.0. The van der Waals surface area contributed by atoms with E-state index < -0.39 is 18.2 Å². The molecule has 0 bridgehead atoms. The Morgan fingerprint density at radius 2 is 1.44 bits per heavy atom. The van der Waals surface area contributed by atoms with E-state index in [0.29, 0.717) is 37.9 Å². The fraction of sp³-hybridized carbons (Fsp3) is 0.818. The Hall–Kier alpha value is -2.72. The van der Waals surface area contributed by atoms with Crippen LogP contribution in [0.4, 0.5) is 0 Å². The second-order valence-electron chi connectivity index (χ2n) is 14.5. The van der Waals surface area contributed by atoms with E-state index in [4.69, 9.17) is 19.3 Å². The average molecular weight is 767 g/mol. The Balaban J connectivity index is 0.000000938. The van der Waals surface area contributed by atoms with E-state index >= 15 is 0 Å². The standard InChI is InChI=1S/C22H38O5.C19H34O3.C3H6O2/c1-4-6-9-14-20(27-21(24)5-2)19(23)16-15-17-12-10-7-8-11-13-18(17)22(25)26-3;1-3-4-11-14-17-18(22-17)15-12-9-7-5-6-8-10-13-16-19(20)21-2;1-2-3(4)5/h15,18-20,23H,4-14,16H2,1-3H3;9,12,17-18H,3-8,10-11,13-16H2,1-2H3;2H2,1H3,(H,4,5). The van der Waals surface area contributed by atoms with E-state index in [1.165, 1.54) is 72.0 Å². The number of aliphatic hydroxyl groups is 1. The van der Waals surface area contributed by atoms with Gasteiger partial charge >= 0.3 is 23.9 Å². The molecule has 5 unspecified atom stereocenters. The number of carboxylic acids is 1. The number of esters is 3. The first-order chi connectivity index (χ1) is 26.1. The molecule has 1 aliphatic heterocycles. The number of hydrogen-bond acceptors (Lipinski definition) is 9. The lowest BCUT2D eigenvalue weighted by atomic mass is 9.85. The SMILES string of the molecule is CCC(=O)O.CCCCCC(OC(=O)CC)C(O)CC=C1CCCCCCC1C(=O)OC.CCCCCC1OC1CC=CCCCCCCCC(=O)OC. The fourth-order valence-electron chi connectivity index (χ4n) is 6.40. The maximum atomic E-state index is 12.2. The number of unbranched alkanes of at least 4 members (excludes halogenated alkanes) is 9. The van der Waals surface area contributed by atoms with E-state index in [-0.39, 0.29) is 30.2 Å². The minimum atomic E-state index is -0.745. The molecule has 0 spiro atoms. The molecule has 1 heterocycles. The third-order valence-corrected chi connectivity index (χ3v) is 9.95. The van der Waals surface area contributed by atoms with Crippen LogP contribution in [-0.2, 0) is 38.1 Å². The lowest BCUT2D eigenvalue weighted by Crippen LogP contribution is -2.31. The normalized spacial score (nSPS) is 19.9. The van der Waals surface area contributed by atoms with Crippen molar-refractivity contribution in [2.75, 3.05) is 14.2 Å². The second kappa shape index (κ2) is 34.7. The van der Waals surface area contributed by atoms with Crippen LogP contribution in [0.3, 0.4) is 0 Å². The van der Waals surface area contributed by atoms with Crippen molar-refractivity contribution in [2.24, 2.45) is 5.92 Å². The topological polar surface area (TPSA) is 149 Å². The molecule has 2 fully saturated rings. The fourth-order valence-corrected chi connectivity index (χ4v) is 6.40. The van der Waals surface area contributed by atoms with Gasteiger partial charge in [-0.2, -0.15) is 0 Å². The van der Waals surface area contributed by atoms with Gasteiger partial charge in [0.15, 0.2) is 0 Å². The molecule has 2 N–H and O–H groups in total. The molecule has 0 aromatic carbocycles. The van der Waals surface area contributed by atoms with Crippen molar-refractivity contribution in [1.82, 2.24) is 0 Å². The van der Waals surface area contributed by atoms with Crippen LogP contribution in [0.2, 0.25) is 0 Å². The van der Waals surface area contributed by atoms with E-state index in [0.717, 1.165) is 76.2 Å². The van der Waals surface area contributed by atoms with Crippen molar-refractivity contribution in [3.63, 3.8) is 0 Å². The second-order valence-corrected chi connectivity index (χ2v) is 14.5. The van der Waals surface area contributed by atoms with Crippen LogP contribution in [0.25, 0.3) is 0 Å². The predicted octanol–water partition coefficient (Wildman–Crippen LogP) is 10.4. The van der Waals surface area contributed by atoms with Crippen molar-refractivity contribution >= 4 is 23.9 Å². The van der Waals surface area contributed by atoms with Gasteiger partial charge in [0.1, 0.15) is 6.10 Å². The van der Waals surface area contributed by atoms with Crippen molar-refractivity contribution in [1.29, 1.82) is 0 Å². The molecular formula is C44H78O10. The third kappa shape index (κ3) is 27.8. The number of aliphatic hydroxyl groups excluding tert-OH is 1. The molecule has 0 amide bonds. The summed E-state index contributed by atoms with van der Waals surface area (Å²) in [5.41, 5.74) is 1.06. The van der Waals surface area contributed by atoms with Gasteiger partial charge in [-0.1, -0.05) is 122 Å². The zero-order valence-electron chi connectivity index (χ0n) is 35.0. The summed E-state index contributed by atoms with van der Waals surface area (Å²) in [5, 5.41) is 18.4. The summed E-state index contributed by atoms with van der Waals surface area (Å²) in [4.78, 5) is 44.2. The highest BCUT2D eigenvalue weighted by molar-refractivity contribution is 5.75. The Morgan fingerprint density at radius 1 is 0.778 bits per heavy atom. The first kappa shape index (κ1) is 51.3. The molecule has 0 aromatic heterocycles. The Morgan fingerprint density at radius 3 is 2.09 bits per heavy atom. The number of aliphatic carboxylic acids is 1. The number of carbonyl (C=O) groups is 4. The van der Waals surface area contributed by atoms with Crippen LogP contribution in [0, 0.1) is 5.92 Å². The Bertz CT molecular complexity index is 1040. The molecule has 1 aliphatic carbocycles. The predicted molar refractivity (Wildman–Crippen MR) is 215 cm³/mol. The van der Waals surface area contributed by atoms with Crippen LogP contribution in [0.15, 0.2) is 23.8 Å². The number of methoxy groups -OCH3 is 2. The molecule has 10 heteroatoms. The summed E-state index contributed by atoms with van der Waals surface area (Å²) in [5.74, 6) is -1.50. The summed E-state index contributed by atoms with van der Waals surface area (Å²) in [6.45, 7) is 7.72. The molecule has 2 rings (SSSR count). The first-order valence-corrected chi connectivity index (χ1v) is 21.3. The first-order valence-electron chi connectivity index (χ1n) is 21.3. The van der Waals surface area contributed by atoms with Crippen molar-refractivity contribution in [3.05, 3.63) is 23.8 Å². The molecule has 10 nitrogen and oxygen atoms in total. The van der Waals surface area contributed by atoms with E-state index in [2.05, 4.69) is 30.7 Å². The number of carbonyl (C=O) groups excluding carboxylic acids is 3. The summed E-state index contributed by atoms with van der Waals surface area (Å²) >= 11 is 0.